The van der Waals surface area contributed by atoms with Crippen LogP contribution in [0.25, 0.3) is 0 Å². The summed E-state index contributed by atoms with van der Waals surface area (Å²) in [6, 6.07) is 5.33. The summed E-state index contributed by atoms with van der Waals surface area (Å²) in [6.45, 7) is 2.50. The van der Waals surface area contributed by atoms with E-state index < -0.39 is 10.0 Å². The van der Waals surface area contributed by atoms with Crippen LogP contribution in [0, 0.1) is 0 Å². The van der Waals surface area contributed by atoms with Crippen molar-refractivity contribution in [2.75, 3.05) is 0 Å². The highest BCUT2D eigenvalue weighted by molar-refractivity contribution is 7.89. The molecular formula is C13H17N3O2S2. The number of nitrogens with two attached hydrogens (primary N) is 1. The zero-order chi connectivity index (χ0) is 14.6. The molecule has 3 N–H and O–H groups in total. The lowest BCUT2D eigenvalue weighted by atomic mass is 10.1. The maximum absolute atomic E-state index is 12.4. The molecule has 0 spiro atoms. The normalized spacial score (nSPS) is 11.7. The molecule has 1 aromatic carbocycles. The van der Waals surface area contributed by atoms with Crippen LogP contribution in [0.3, 0.4) is 0 Å². The fraction of sp³-hybridized carbons (Fsp3) is 0.308. The van der Waals surface area contributed by atoms with E-state index in [9.17, 15) is 8.42 Å². The van der Waals surface area contributed by atoms with Crippen molar-refractivity contribution >= 4 is 21.4 Å². The summed E-state index contributed by atoms with van der Waals surface area (Å²) in [5.74, 6) is 0. The summed E-state index contributed by atoms with van der Waals surface area (Å²) < 4.78 is 27.4. The van der Waals surface area contributed by atoms with Gasteiger partial charge in [0.2, 0.25) is 10.0 Å². The van der Waals surface area contributed by atoms with Gasteiger partial charge in [-0.25, -0.2) is 13.1 Å². The van der Waals surface area contributed by atoms with Gasteiger partial charge in [0.15, 0.2) is 0 Å². The molecule has 20 heavy (non-hydrogen) atoms. The summed E-state index contributed by atoms with van der Waals surface area (Å²) in [7, 11) is -3.54. The predicted octanol–water partition coefficient (Wildman–Crippen LogP) is 1.64. The van der Waals surface area contributed by atoms with Crippen LogP contribution < -0.4 is 10.5 Å². The number of nitrogens with zero attached hydrogens (tertiary/aromatic N) is 1. The molecule has 2 rings (SSSR count). The van der Waals surface area contributed by atoms with Crippen molar-refractivity contribution in [3.8, 4) is 0 Å². The Morgan fingerprint density at radius 3 is 2.80 bits per heavy atom. The third-order valence-corrected chi connectivity index (χ3v) is 5.22. The highest BCUT2D eigenvalue weighted by Gasteiger charge is 2.18. The molecule has 0 amide bonds. The molecule has 0 atom stereocenters. The van der Waals surface area contributed by atoms with E-state index in [2.05, 4.69) is 9.71 Å². The SMILES string of the molecule is CCc1ccc(CN)cc1S(=O)(=O)NCc1cncs1. The van der Waals surface area contributed by atoms with Gasteiger partial charge in [-0.3, -0.25) is 4.98 Å². The van der Waals surface area contributed by atoms with E-state index in [4.69, 9.17) is 5.73 Å². The van der Waals surface area contributed by atoms with Gasteiger partial charge < -0.3 is 5.73 Å². The Labute approximate surface area is 122 Å². The molecule has 5 nitrogen and oxygen atoms in total. The summed E-state index contributed by atoms with van der Waals surface area (Å²) in [4.78, 5) is 5.11. The summed E-state index contributed by atoms with van der Waals surface area (Å²) in [5, 5.41) is 0. The number of thiazole rings is 1. The van der Waals surface area contributed by atoms with Crippen molar-refractivity contribution < 1.29 is 8.42 Å². The van der Waals surface area contributed by atoms with Gasteiger partial charge in [-0.05, 0) is 23.6 Å². The number of benzene rings is 1. The topological polar surface area (TPSA) is 85.1 Å². The summed E-state index contributed by atoms with van der Waals surface area (Å²) in [6.07, 6.45) is 2.31. The van der Waals surface area contributed by atoms with Crippen LogP contribution in [0.15, 0.2) is 34.8 Å². The van der Waals surface area contributed by atoms with Crippen molar-refractivity contribution in [2.45, 2.75) is 31.3 Å². The molecule has 2 aromatic rings. The van der Waals surface area contributed by atoms with Crippen molar-refractivity contribution in [1.29, 1.82) is 0 Å². The lowest BCUT2D eigenvalue weighted by molar-refractivity contribution is 0.580. The van der Waals surface area contributed by atoms with Gasteiger partial charge >= 0.3 is 0 Å². The molecule has 0 radical (unpaired) electrons. The molecule has 1 aromatic heterocycles. The maximum atomic E-state index is 12.4. The molecule has 0 saturated heterocycles. The van der Waals surface area contributed by atoms with Crippen molar-refractivity contribution in [3.05, 3.63) is 45.9 Å². The summed E-state index contributed by atoms with van der Waals surface area (Å²) >= 11 is 1.42. The second-order valence-corrected chi connectivity index (χ2v) is 7.00. The molecule has 0 fully saturated rings. The Morgan fingerprint density at radius 2 is 2.20 bits per heavy atom. The highest BCUT2D eigenvalue weighted by Crippen LogP contribution is 2.19. The first-order valence-electron chi connectivity index (χ1n) is 6.25. The highest BCUT2D eigenvalue weighted by atomic mass is 32.2. The van der Waals surface area contributed by atoms with Crippen LogP contribution >= 0.6 is 11.3 Å². The van der Waals surface area contributed by atoms with Gasteiger partial charge in [-0.1, -0.05) is 19.1 Å². The Kier molecular flexibility index (Phi) is 4.87. The van der Waals surface area contributed by atoms with Gasteiger partial charge in [0.25, 0.3) is 0 Å². The van der Waals surface area contributed by atoms with Crippen LogP contribution in [0.2, 0.25) is 0 Å². The minimum absolute atomic E-state index is 0.253. The number of sulfonamides is 1. The Morgan fingerprint density at radius 1 is 1.40 bits per heavy atom. The minimum atomic E-state index is -3.54. The number of hydrogen-bond donors (Lipinski definition) is 2. The zero-order valence-corrected chi connectivity index (χ0v) is 12.8. The lowest BCUT2D eigenvalue weighted by Crippen LogP contribution is -2.24. The second-order valence-electron chi connectivity index (χ2n) is 4.29. The van der Waals surface area contributed by atoms with E-state index in [-0.39, 0.29) is 6.54 Å². The number of rotatable bonds is 6. The molecule has 0 bridgehead atoms. The van der Waals surface area contributed by atoms with Crippen molar-refractivity contribution in [2.24, 2.45) is 5.73 Å². The van der Waals surface area contributed by atoms with E-state index >= 15 is 0 Å². The zero-order valence-electron chi connectivity index (χ0n) is 11.2. The first kappa shape index (κ1) is 15.1. The largest absolute Gasteiger partial charge is 0.326 e. The van der Waals surface area contributed by atoms with Crippen LogP contribution in [0.1, 0.15) is 22.9 Å². The molecule has 0 saturated carbocycles. The van der Waals surface area contributed by atoms with Crippen molar-refractivity contribution in [3.63, 3.8) is 0 Å². The number of nitrogens with one attached hydrogen (secondary N) is 1. The van der Waals surface area contributed by atoms with Gasteiger partial charge in [0.1, 0.15) is 0 Å². The number of aryl methyl sites for hydroxylation is 1. The number of hydrogen-bond acceptors (Lipinski definition) is 5. The standard InChI is InChI=1S/C13H17N3O2S2/c1-2-11-4-3-10(6-14)5-13(11)20(17,18)16-8-12-7-15-9-19-12/h3-5,7,9,16H,2,6,8,14H2,1H3. The van der Waals surface area contributed by atoms with E-state index in [1.54, 1.807) is 17.8 Å². The Hall–Kier alpha value is -1.28. The van der Waals surface area contributed by atoms with Crippen LogP contribution in [0.4, 0.5) is 0 Å². The van der Waals surface area contributed by atoms with E-state index in [1.165, 1.54) is 11.3 Å². The van der Waals surface area contributed by atoms with Gasteiger partial charge in [0, 0.05) is 24.2 Å². The molecule has 0 aliphatic rings. The molecule has 1 heterocycles. The predicted molar refractivity (Wildman–Crippen MR) is 79.9 cm³/mol. The molecule has 0 aliphatic carbocycles. The first-order chi connectivity index (χ1) is 9.56. The third-order valence-electron chi connectivity index (χ3n) is 2.96. The van der Waals surface area contributed by atoms with E-state index in [1.807, 2.05) is 19.1 Å². The average Bonchev–Trinajstić information content (AvgIpc) is 2.98. The molecule has 7 heteroatoms. The fourth-order valence-corrected chi connectivity index (χ4v) is 3.83. The maximum Gasteiger partial charge on any atom is 0.241 e. The average molecular weight is 311 g/mol. The quantitative estimate of drug-likeness (QED) is 0.849. The molecule has 0 aliphatic heterocycles. The first-order valence-corrected chi connectivity index (χ1v) is 8.62. The lowest BCUT2D eigenvalue weighted by Gasteiger charge is -2.11. The smallest absolute Gasteiger partial charge is 0.241 e. The third kappa shape index (κ3) is 3.43. The van der Waals surface area contributed by atoms with Crippen LogP contribution in [0.5, 0.6) is 0 Å². The van der Waals surface area contributed by atoms with Crippen LogP contribution in [-0.4, -0.2) is 13.4 Å². The van der Waals surface area contributed by atoms with E-state index in [0.29, 0.717) is 17.9 Å². The Balaban J connectivity index is 2.28. The van der Waals surface area contributed by atoms with Crippen molar-refractivity contribution in [1.82, 2.24) is 9.71 Å². The number of aromatic nitrogens is 1. The molecular weight excluding hydrogens is 294 g/mol. The molecule has 108 valence electrons. The Bertz CT molecular complexity index is 667. The monoisotopic (exact) mass is 311 g/mol. The second kappa shape index (κ2) is 6.45. The minimum Gasteiger partial charge on any atom is -0.326 e. The summed E-state index contributed by atoms with van der Waals surface area (Å²) in [5.41, 5.74) is 8.86. The van der Waals surface area contributed by atoms with Gasteiger partial charge in [-0.15, -0.1) is 11.3 Å². The van der Waals surface area contributed by atoms with Crippen LogP contribution in [-0.2, 0) is 29.5 Å². The van der Waals surface area contributed by atoms with Gasteiger partial charge in [0.05, 0.1) is 10.4 Å². The fourth-order valence-electron chi connectivity index (χ4n) is 1.84. The van der Waals surface area contributed by atoms with E-state index in [0.717, 1.165) is 16.0 Å². The molecule has 0 unspecified atom stereocenters. The van der Waals surface area contributed by atoms with Gasteiger partial charge in [-0.2, -0.15) is 0 Å².